The van der Waals surface area contributed by atoms with Crippen LogP contribution in [0.15, 0.2) is 24.3 Å². The molecule has 1 aromatic carbocycles. The molecule has 5 heteroatoms. The van der Waals surface area contributed by atoms with Crippen LogP contribution >= 0.6 is 0 Å². The fraction of sp³-hybridized carbons (Fsp3) is 0.364. The molecule has 1 amide bonds. The monoisotopic (exact) mass is 231 g/mol. The summed E-state index contributed by atoms with van der Waals surface area (Å²) in [6.45, 7) is 0.385. The number of aryl methyl sites for hydroxylation is 1. The fourth-order valence-corrected chi connectivity index (χ4v) is 1.45. The molecular formula is C11H12F3NO. The van der Waals surface area contributed by atoms with Gasteiger partial charge in [-0.15, -0.1) is 0 Å². The van der Waals surface area contributed by atoms with Crippen LogP contribution in [0.3, 0.4) is 0 Å². The van der Waals surface area contributed by atoms with E-state index in [0.29, 0.717) is 25.8 Å². The van der Waals surface area contributed by atoms with Crippen molar-refractivity contribution in [1.29, 1.82) is 0 Å². The summed E-state index contributed by atoms with van der Waals surface area (Å²) >= 11 is 0. The minimum Gasteiger partial charge on any atom is -0.359 e. The smallest absolute Gasteiger partial charge is 0.359 e. The van der Waals surface area contributed by atoms with Gasteiger partial charge in [-0.05, 0) is 24.5 Å². The van der Waals surface area contributed by atoms with Crippen LogP contribution in [0.2, 0.25) is 0 Å². The second-order valence-corrected chi connectivity index (χ2v) is 3.33. The molecule has 88 valence electrons. The highest BCUT2D eigenvalue weighted by Crippen LogP contribution is 2.32. The highest BCUT2D eigenvalue weighted by molar-refractivity contribution is 5.45. The predicted octanol–water partition coefficient (Wildman–Crippen LogP) is 2.38. The zero-order valence-corrected chi connectivity index (χ0v) is 8.55. The Bertz CT molecular complexity index is 349. The van der Waals surface area contributed by atoms with Crippen LogP contribution in [0.1, 0.15) is 17.5 Å². The fourth-order valence-electron chi connectivity index (χ4n) is 1.45. The van der Waals surface area contributed by atoms with Crippen LogP contribution in [0.25, 0.3) is 0 Å². The zero-order chi connectivity index (χ0) is 12.0. The number of carbonyl (C=O) groups excluding carboxylic acids is 1. The second kappa shape index (κ2) is 5.53. The molecule has 0 saturated carbocycles. The van der Waals surface area contributed by atoms with E-state index >= 15 is 0 Å². The van der Waals surface area contributed by atoms with Crippen LogP contribution < -0.4 is 5.32 Å². The molecule has 1 N–H and O–H groups in total. The molecule has 2 nitrogen and oxygen atoms in total. The van der Waals surface area contributed by atoms with E-state index in [2.05, 4.69) is 5.32 Å². The van der Waals surface area contributed by atoms with Gasteiger partial charge in [0.05, 0.1) is 5.56 Å². The van der Waals surface area contributed by atoms with E-state index in [1.54, 1.807) is 6.07 Å². The summed E-state index contributed by atoms with van der Waals surface area (Å²) in [6, 6.07) is 5.49. The average molecular weight is 231 g/mol. The van der Waals surface area contributed by atoms with E-state index in [9.17, 15) is 18.0 Å². The number of halogens is 3. The highest BCUT2D eigenvalue weighted by Gasteiger charge is 2.32. The van der Waals surface area contributed by atoms with Crippen molar-refractivity contribution >= 4 is 6.41 Å². The average Bonchev–Trinajstić information content (AvgIpc) is 2.24. The van der Waals surface area contributed by atoms with Crippen molar-refractivity contribution in [2.24, 2.45) is 0 Å². The SMILES string of the molecule is O=CNCCCc1ccccc1C(F)(F)F. The van der Waals surface area contributed by atoms with Crippen molar-refractivity contribution in [3.05, 3.63) is 35.4 Å². The van der Waals surface area contributed by atoms with Gasteiger partial charge in [-0.1, -0.05) is 18.2 Å². The first-order valence-corrected chi connectivity index (χ1v) is 4.88. The van der Waals surface area contributed by atoms with Crippen molar-refractivity contribution in [1.82, 2.24) is 5.32 Å². The standard InChI is InChI=1S/C11H12F3NO/c12-11(13,14)10-6-2-1-4-9(10)5-3-7-15-8-16/h1-2,4,6,8H,3,5,7H2,(H,15,16). The Labute approximate surface area is 91.5 Å². The Morgan fingerprint density at radius 3 is 2.56 bits per heavy atom. The van der Waals surface area contributed by atoms with Gasteiger partial charge in [0.15, 0.2) is 0 Å². The summed E-state index contributed by atoms with van der Waals surface area (Å²) in [4.78, 5) is 9.95. The number of rotatable bonds is 5. The van der Waals surface area contributed by atoms with Gasteiger partial charge >= 0.3 is 6.18 Å². The van der Waals surface area contributed by atoms with Gasteiger partial charge in [0, 0.05) is 6.54 Å². The van der Waals surface area contributed by atoms with Crippen molar-refractivity contribution in [2.45, 2.75) is 19.0 Å². The molecule has 16 heavy (non-hydrogen) atoms. The lowest BCUT2D eigenvalue weighted by Gasteiger charge is -2.12. The maximum Gasteiger partial charge on any atom is 0.416 e. The van der Waals surface area contributed by atoms with Gasteiger partial charge in [-0.2, -0.15) is 13.2 Å². The minimum absolute atomic E-state index is 0.266. The summed E-state index contributed by atoms with van der Waals surface area (Å²) in [5.41, 5.74) is -0.330. The van der Waals surface area contributed by atoms with Crippen molar-refractivity contribution < 1.29 is 18.0 Å². The molecule has 0 aromatic heterocycles. The summed E-state index contributed by atoms with van der Waals surface area (Å²) in [5.74, 6) is 0. The van der Waals surface area contributed by atoms with Crippen molar-refractivity contribution in [2.75, 3.05) is 6.54 Å². The first kappa shape index (κ1) is 12.5. The molecule has 0 unspecified atom stereocenters. The topological polar surface area (TPSA) is 29.1 Å². The number of alkyl halides is 3. The van der Waals surface area contributed by atoms with E-state index in [1.807, 2.05) is 0 Å². The zero-order valence-electron chi connectivity index (χ0n) is 8.55. The van der Waals surface area contributed by atoms with E-state index in [-0.39, 0.29) is 5.56 Å². The lowest BCUT2D eigenvalue weighted by molar-refractivity contribution is -0.138. The summed E-state index contributed by atoms with van der Waals surface area (Å²) in [6.07, 6.45) is -2.98. The van der Waals surface area contributed by atoms with Gasteiger partial charge in [-0.25, -0.2) is 0 Å². The largest absolute Gasteiger partial charge is 0.416 e. The summed E-state index contributed by atoms with van der Waals surface area (Å²) in [7, 11) is 0. The Morgan fingerprint density at radius 1 is 1.25 bits per heavy atom. The molecule has 0 heterocycles. The molecule has 0 saturated heterocycles. The minimum atomic E-state index is -4.31. The molecule has 1 aromatic rings. The van der Waals surface area contributed by atoms with Gasteiger partial charge < -0.3 is 5.32 Å². The van der Waals surface area contributed by atoms with Crippen LogP contribution in [0, 0.1) is 0 Å². The van der Waals surface area contributed by atoms with Gasteiger partial charge in [0.2, 0.25) is 6.41 Å². The second-order valence-electron chi connectivity index (χ2n) is 3.33. The number of carbonyl (C=O) groups is 1. The van der Waals surface area contributed by atoms with Crippen molar-refractivity contribution in [3.8, 4) is 0 Å². The molecule has 0 aliphatic carbocycles. The Kier molecular flexibility index (Phi) is 4.34. The molecule has 0 aliphatic rings. The third-order valence-electron chi connectivity index (χ3n) is 2.17. The number of nitrogens with one attached hydrogen (secondary N) is 1. The van der Waals surface area contributed by atoms with Gasteiger partial charge in [0.1, 0.15) is 0 Å². The molecule has 0 aliphatic heterocycles. The first-order valence-electron chi connectivity index (χ1n) is 4.88. The maximum absolute atomic E-state index is 12.6. The lowest BCUT2D eigenvalue weighted by Crippen LogP contribution is -2.14. The molecule has 0 spiro atoms. The third kappa shape index (κ3) is 3.56. The van der Waals surface area contributed by atoms with Crippen LogP contribution in [0.5, 0.6) is 0 Å². The van der Waals surface area contributed by atoms with E-state index in [1.165, 1.54) is 12.1 Å². The number of amides is 1. The first-order chi connectivity index (χ1) is 7.55. The maximum atomic E-state index is 12.6. The highest BCUT2D eigenvalue weighted by atomic mass is 19.4. The third-order valence-corrected chi connectivity index (χ3v) is 2.17. The molecule has 0 radical (unpaired) electrons. The van der Waals surface area contributed by atoms with Crippen LogP contribution in [-0.4, -0.2) is 13.0 Å². The van der Waals surface area contributed by atoms with Crippen LogP contribution in [0.4, 0.5) is 13.2 Å². The van der Waals surface area contributed by atoms with Gasteiger partial charge in [-0.3, -0.25) is 4.79 Å². The quantitative estimate of drug-likeness (QED) is 0.611. The number of benzene rings is 1. The van der Waals surface area contributed by atoms with E-state index in [0.717, 1.165) is 6.07 Å². The molecule has 0 bridgehead atoms. The van der Waals surface area contributed by atoms with Crippen LogP contribution in [-0.2, 0) is 17.4 Å². The normalized spacial score (nSPS) is 11.2. The van der Waals surface area contributed by atoms with E-state index in [4.69, 9.17) is 0 Å². The van der Waals surface area contributed by atoms with E-state index < -0.39 is 11.7 Å². The summed E-state index contributed by atoms with van der Waals surface area (Å²) in [5, 5.41) is 2.41. The molecule has 0 atom stereocenters. The molecule has 0 fully saturated rings. The summed E-state index contributed by atoms with van der Waals surface area (Å²) < 4.78 is 37.7. The molecular weight excluding hydrogens is 219 g/mol. The Morgan fingerprint density at radius 2 is 1.94 bits per heavy atom. The van der Waals surface area contributed by atoms with Gasteiger partial charge in [0.25, 0.3) is 0 Å². The predicted molar refractivity (Wildman–Crippen MR) is 53.8 cm³/mol. The number of hydrogen-bond donors (Lipinski definition) is 1. The Hall–Kier alpha value is -1.52. The lowest BCUT2D eigenvalue weighted by atomic mass is 10.0. The van der Waals surface area contributed by atoms with Crippen molar-refractivity contribution in [3.63, 3.8) is 0 Å². The molecule has 1 rings (SSSR count). The number of hydrogen-bond acceptors (Lipinski definition) is 1. The Balaban J connectivity index is 2.68.